The van der Waals surface area contributed by atoms with Crippen molar-refractivity contribution in [3.05, 3.63) is 29.3 Å². The molecule has 2 heteroatoms. The fourth-order valence-corrected chi connectivity index (χ4v) is 2.10. The molecule has 0 saturated heterocycles. The van der Waals surface area contributed by atoms with Crippen molar-refractivity contribution in [1.82, 2.24) is 0 Å². The summed E-state index contributed by atoms with van der Waals surface area (Å²) in [5.74, 6) is 0. The first-order valence-electron chi connectivity index (χ1n) is 6.82. The molecule has 96 valence electrons. The Morgan fingerprint density at radius 1 is 1.00 bits per heavy atom. The molecule has 0 amide bonds. The number of halogens is 1. The molecule has 17 heavy (non-hydrogen) atoms. The lowest BCUT2D eigenvalue weighted by atomic mass is 10.1. The van der Waals surface area contributed by atoms with E-state index in [1.54, 1.807) is 0 Å². The molecule has 0 heterocycles. The number of rotatable bonds is 9. The Labute approximate surface area is 111 Å². The third-order valence-corrected chi connectivity index (χ3v) is 3.17. The van der Waals surface area contributed by atoms with Gasteiger partial charge in [-0.2, -0.15) is 0 Å². The lowest BCUT2D eigenvalue weighted by Crippen LogP contribution is -2.00. The summed E-state index contributed by atoms with van der Waals surface area (Å²) < 4.78 is 0. The third kappa shape index (κ3) is 7.27. The van der Waals surface area contributed by atoms with Gasteiger partial charge < -0.3 is 5.32 Å². The first kappa shape index (κ1) is 14.4. The molecule has 0 bridgehead atoms. The van der Waals surface area contributed by atoms with Gasteiger partial charge in [0.05, 0.1) is 0 Å². The van der Waals surface area contributed by atoms with E-state index >= 15 is 0 Å². The first-order chi connectivity index (χ1) is 8.33. The Morgan fingerprint density at radius 3 is 2.41 bits per heavy atom. The Kier molecular flexibility index (Phi) is 7.91. The number of anilines is 1. The van der Waals surface area contributed by atoms with Crippen molar-refractivity contribution >= 4 is 17.3 Å². The van der Waals surface area contributed by atoms with E-state index < -0.39 is 0 Å². The van der Waals surface area contributed by atoms with Crippen LogP contribution in [0.5, 0.6) is 0 Å². The molecule has 0 atom stereocenters. The minimum absolute atomic E-state index is 0.801. The highest BCUT2D eigenvalue weighted by Crippen LogP contribution is 2.15. The van der Waals surface area contributed by atoms with Crippen LogP contribution in [0.2, 0.25) is 5.02 Å². The second kappa shape index (κ2) is 9.35. The first-order valence-corrected chi connectivity index (χ1v) is 7.20. The summed E-state index contributed by atoms with van der Waals surface area (Å²) in [5.41, 5.74) is 1.13. The van der Waals surface area contributed by atoms with E-state index in [0.29, 0.717) is 0 Å². The molecule has 1 rings (SSSR count). The monoisotopic (exact) mass is 253 g/mol. The average Bonchev–Trinajstić information content (AvgIpc) is 2.33. The van der Waals surface area contributed by atoms with Gasteiger partial charge in [0.2, 0.25) is 0 Å². The molecule has 0 fully saturated rings. The van der Waals surface area contributed by atoms with Gasteiger partial charge in [0.25, 0.3) is 0 Å². The molecule has 0 unspecified atom stereocenters. The predicted octanol–water partition coefficient (Wildman–Crippen LogP) is 5.50. The van der Waals surface area contributed by atoms with Crippen LogP contribution in [0.3, 0.4) is 0 Å². The van der Waals surface area contributed by atoms with Crippen molar-refractivity contribution in [3.63, 3.8) is 0 Å². The fraction of sp³-hybridized carbons (Fsp3) is 0.600. The SMILES string of the molecule is CCCCCCCCCNc1cccc(Cl)c1. The van der Waals surface area contributed by atoms with Gasteiger partial charge in [0.1, 0.15) is 0 Å². The minimum Gasteiger partial charge on any atom is -0.385 e. The van der Waals surface area contributed by atoms with Crippen LogP contribution in [0, 0.1) is 0 Å². The lowest BCUT2D eigenvalue weighted by Gasteiger charge is -2.06. The van der Waals surface area contributed by atoms with Crippen molar-refractivity contribution in [1.29, 1.82) is 0 Å². The van der Waals surface area contributed by atoms with Crippen LogP contribution in [0.15, 0.2) is 24.3 Å². The molecular weight excluding hydrogens is 230 g/mol. The van der Waals surface area contributed by atoms with Crippen LogP contribution in [-0.4, -0.2) is 6.54 Å². The van der Waals surface area contributed by atoms with E-state index in [0.717, 1.165) is 17.3 Å². The van der Waals surface area contributed by atoms with Crippen LogP contribution in [0.4, 0.5) is 5.69 Å². The van der Waals surface area contributed by atoms with E-state index in [9.17, 15) is 0 Å². The van der Waals surface area contributed by atoms with Gasteiger partial charge in [0, 0.05) is 17.3 Å². The molecule has 1 N–H and O–H groups in total. The van der Waals surface area contributed by atoms with Crippen molar-refractivity contribution in [2.45, 2.75) is 51.9 Å². The fourth-order valence-electron chi connectivity index (χ4n) is 1.91. The zero-order valence-electron chi connectivity index (χ0n) is 10.8. The normalized spacial score (nSPS) is 10.5. The maximum absolute atomic E-state index is 5.92. The molecule has 1 aromatic carbocycles. The number of hydrogen-bond acceptors (Lipinski definition) is 1. The largest absolute Gasteiger partial charge is 0.385 e. The lowest BCUT2D eigenvalue weighted by molar-refractivity contribution is 0.596. The Morgan fingerprint density at radius 2 is 1.71 bits per heavy atom. The quantitative estimate of drug-likeness (QED) is 0.573. The van der Waals surface area contributed by atoms with Gasteiger partial charge in [0.15, 0.2) is 0 Å². The number of nitrogens with one attached hydrogen (secondary N) is 1. The highest BCUT2D eigenvalue weighted by molar-refractivity contribution is 6.30. The second-order valence-corrected chi connectivity index (χ2v) is 4.99. The maximum Gasteiger partial charge on any atom is 0.0426 e. The van der Waals surface area contributed by atoms with Gasteiger partial charge >= 0.3 is 0 Å². The molecule has 0 radical (unpaired) electrons. The molecule has 0 aliphatic heterocycles. The van der Waals surface area contributed by atoms with E-state index in [1.165, 1.54) is 44.9 Å². The number of hydrogen-bond donors (Lipinski definition) is 1. The Hall–Kier alpha value is -0.690. The molecule has 1 aromatic rings. The molecule has 0 saturated carbocycles. The predicted molar refractivity (Wildman–Crippen MR) is 77.9 cm³/mol. The highest BCUT2D eigenvalue weighted by atomic mass is 35.5. The van der Waals surface area contributed by atoms with Crippen LogP contribution in [0.1, 0.15) is 51.9 Å². The summed E-state index contributed by atoms with van der Waals surface area (Å²) in [4.78, 5) is 0. The van der Waals surface area contributed by atoms with E-state index in [-0.39, 0.29) is 0 Å². The maximum atomic E-state index is 5.92. The van der Waals surface area contributed by atoms with Crippen LogP contribution < -0.4 is 5.32 Å². The molecule has 1 nitrogen and oxygen atoms in total. The third-order valence-electron chi connectivity index (χ3n) is 2.93. The number of benzene rings is 1. The van der Waals surface area contributed by atoms with E-state index in [4.69, 9.17) is 11.6 Å². The van der Waals surface area contributed by atoms with Crippen LogP contribution >= 0.6 is 11.6 Å². The zero-order valence-corrected chi connectivity index (χ0v) is 11.6. The molecule has 0 aliphatic rings. The average molecular weight is 254 g/mol. The van der Waals surface area contributed by atoms with Crippen molar-refractivity contribution in [3.8, 4) is 0 Å². The van der Waals surface area contributed by atoms with Crippen molar-refractivity contribution < 1.29 is 0 Å². The molecule has 0 aliphatic carbocycles. The summed E-state index contributed by atoms with van der Waals surface area (Å²) in [6.07, 6.45) is 9.47. The van der Waals surface area contributed by atoms with Gasteiger partial charge in [-0.3, -0.25) is 0 Å². The van der Waals surface area contributed by atoms with Crippen molar-refractivity contribution in [2.75, 3.05) is 11.9 Å². The van der Waals surface area contributed by atoms with E-state index in [1.807, 2.05) is 18.2 Å². The number of unbranched alkanes of at least 4 members (excludes halogenated alkanes) is 6. The van der Waals surface area contributed by atoms with Gasteiger partial charge in [-0.1, -0.05) is 63.1 Å². The van der Waals surface area contributed by atoms with Crippen molar-refractivity contribution in [2.24, 2.45) is 0 Å². The summed E-state index contributed by atoms with van der Waals surface area (Å²) >= 11 is 5.92. The van der Waals surface area contributed by atoms with Crippen LogP contribution in [-0.2, 0) is 0 Å². The topological polar surface area (TPSA) is 12.0 Å². The van der Waals surface area contributed by atoms with Gasteiger partial charge in [-0.05, 0) is 24.6 Å². The zero-order chi connectivity index (χ0) is 12.3. The summed E-state index contributed by atoms with van der Waals surface area (Å²) in [6.45, 7) is 3.31. The molecular formula is C15H24ClN. The summed E-state index contributed by atoms with van der Waals surface area (Å²) in [7, 11) is 0. The minimum atomic E-state index is 0.801. The standard InChI is InChI=1S/C15H24ClN/c1-2-3-4-5-6-7-8-12-17-15-11-9-10-14(16)13-15/h9-11,13,17H,2-8,12H2,1H3. The molecule has 0 spiro atoms. The Balaban J connectivity index is 1.97. The molecule has 0 aromatic heterocycles. The summed E-state index contributed by atoms with van der Waals surface area (Å²) in [6, 6.07) is 7.92. The second-order valence-electron chi connectivity index (χ2n) is 4.56. The van der Waals surface area contributed by atoms with Gasteiger partial charge in [-0.25, -0.2) is 0 Å². The smallest absolute Gasteiger partial charge is 0.0426 e. The Bertz CT molecular complexity index is 299. The van der Waals surface area contributed by atoms with Gasteiger partial charge in [-0.15, -0.1) is 0 Å². The highest BCUT2D eigenvalue weighted by Gasteiger charge is 1.93. The summed E-state index contributed by atoms with van der Waals surface area (Å²) in [5, 5.41) is 4.20. The van der Waals surface area contributed by atoms with E-state index in [2.05, 4.69) is 18.3 Å². The van der Waals surface area contributed by atoms with Crippen LogP contribution in [0.25, 0.3) is 0 Å².